The van der Waals surface area contributed by atoms with Crippen molar-refractivity contribution >= 4 is 5.78 Å². The summed E-state index contributed by atoms with van der Waals surface area (Å²) in [5.74, 6) is 2.05. The van der Waals surface area contributed by atoms with Crippen LogP contribution in [-0.2, 0) is 0 Å². The molecule has 0 saturated heterocycles. The van der Waals surface area contributed by atoms with Gasteiger partial charge >= 0.3 is 0 Å². The molecular weight excluding hydrogens is 236 g/mol. The van der Waals surface area contributed by atoms with E-state index >= 15 is 0 Å². The second-order valence-corrected chi connectivity index (χ2v) is 5.84. The average molecular weight is 260 g/mol. The smallest absolute Gasteiger partial charge is 0.166 e. The van der Waals surface area contributed by atoms with Crippen molar-refractivity contribution in [2.75, 3.05) is 0 Å². The number of benzene rings is 1. The van der Waals surface area contributed by atoms with E-state index in [-0.39, 0.29) is 12.0 Å². The van der Waals surface area contributed by atoms with E-state index in [1.54, 1.807) is 0 Å². The lowest BCUT2D eigenvalue weighted by Gasteiger charge is -2.13. The molecule has 1 fully saturated rings. The van der Waals surface area contributed by atoms with Gasteiger partial charge in [-0.05, 0) is 51.2 Å². The van der Waals surface area contributed by atoms with Gasteiger partial charge in [0.05, 0.1) is 6.10 Å². The molecule has 0 heterocycles. The van der Waals surface area contributed by atoms with Crippen molar-refractivity contribution in [3.8, 4) is 5.75 Å². The lowest BCUT2D eigenvalue weighted by Crippen LogP contribution is -2.12. The molecule has 104 valence electrons. The van der Waals surface area contributed by atoms with E-state index in [4.69, 9.17) is 4.74 Å². The summed E-state index contributed by atoms with van der Waals surface area (Å²) >= 11 is 0. The molecule has 2 unspecified atom stereocenters. The number of ether oxygens (including phenoxy) is 1. The SMILES string of the molecule is CCC1CCC(C(=O)c2cccc(OC(C)C)c2)C1. The van der Waals surface area contributed by atoms with Crippen LogP contribution in [0.1, 0.15) is 56.8 Å². The molecule has 0 bridgehead atoms. The number of carbonyl (C=O) groups is 1. The summed E-state index contributed by atoms with van der Waals surface area (Å²) < 4.78 is 5.66. The molecule has 0 N–H and O–H groups in total. The van der Waals surface area contributed by atoms with E-state index in [1.165, 1.54) is 12.8 Å². The number of Topliss-reactive ketones (excluding diaryl/α,β-unsaturated/α-hetero) is 1. The number of carbonyl (C=O) groups excluding carboxylic acids is 1. The summed E-state index contributed by atoms with van der Waals surface area (Å²) in [4.78, 5) is 12.5. The van der Waals surface area contributed by atoms with Crippen LogP contribution in [0.3, 0.4) is 0 Å². The fraction of sp³-hybridized carbons (Fsp3) is 0.588. The topological polar surface area (TPSA) is 26.3 Å². The summed E-state index contributed by atoms with van der Waals surface area (Å²) in [5.41, 5.74) is 0.805. The van der Waals surface area contributed by atoms with Crippen LogP contribution in [0.5, 0.6) is 5.75 Å². The quantitative estimate of drug-likeness (QED) is 0.729. The van der Waals surface area contributed by atoms with Crippen molar-refractivity contribution in [2.24, 2.45) is 11.8 Å². The third-order valence-corrected chi connectivity index (χ3v) is 3.98. The molecule has 2 nitrogen and oxygen atoms in total. The molecule has 1 aliphatic carbocycles. The zero-order valence-electron chi connectivity index (χ0n) is 12.2. The van der Waals surface area contributed by atoms with Crippen LogP contribution in [-0.4, -0.2) is 11.9 Å². The van der Waals surface area contributed by atoms with Gasteiger partial charge in [-0.1, -0.05) is 25.5 Å². The Morgan fingerprint density at radius 1 is 1.37 bits per heavy atom. The van der Waals surface area contributed by atoms with Crippen molar-refractivity contribution in [3.05, 3.63) is 29.8 Å². The zero-order chi connectivity index (χ0) is 13.8. The first kappa shape index (κ1) is 14.1. The number of rotatable bonds is 5. The highest BCUT2D eigenvalue weighted by Gasteiger charge is 2.29. The van der Waals surface area contributed by atoms with Gasteiger partial charge in [-0.25, -0.2) is 0 Å². The van der Waals surface area contributed by atoms with Crippen LogP contribution in [0.15, 0.2) is 24.3 Å². The molecule has 0 aromatic heterocycles. The molecule has 19 heavy (non-hydrogen) atoms. The number of hydrogen-bond donors (Lipinski definition) is 0. The first-order valence-electron chi connectivity index (χ1n) is 7.41. The van der Waals surface area contributed by atoms with E-state index in [9.17, 15) is 4.79 Å². The summed E-state index contributed by atoms with van der Waals surface area (Å²) in [5, 5.41) is 0. The van der Waals surface area contributed by atoms with Gasteiger partial charge in [-0.2, -0.15) is 0 Å². The first-order valence-corrected chi connectivity index (χ1v) is 7.41. The number of hydrogen-bond acceptors (Lipinski definition) is 2. The maximum absolute atomic E-state index is 12.5. The lowest BCUT2D eigenvalue weighted by molar-refractivity contribution is 0.0919. The molecular formula is C17H24O2. The minimum absolute atomic E-state index is 0.140. The van der Waals surface area contributed by atoms with Crippen molar-refractivity contribution in [2.45, 2.75) is 52.6 Å². The Kier molecular flexibility index (Phi) is 4.62. The van der Waals surface area contributed by atoms with Gasteiger partial charge in [0, 0.05) is 11.5 Å². The highest BCUT2D eigenvalue weighted by molar-refractivity contribution is 5.98. The first-order chi connectivity index (χ1) is 9.10. The Balaban J connectivity index is 2.07. The summed E-state index contributed by atoms with van der Waals surface area (Å²) in [6.07, 6.45) is 4.65. The van der Waals surface area contributed by atoms with E-state index in [0.717, 1.165) is 30.1 Å². The molecule has 2 rings (SSSR count). The third kappa shape index (κ3) is 3.59. The number of ketones is 1. The maximum atomic E-state index is 12.5. The Morgan fingerprint density at radius 2 is 2.16 bits per heavy atom. The van der Waals surface area contributed by atoms with Crippen LogP contribution in [0, 0.1) is 11.8 Å². The largest absolute Gasteiger partial charge is 0.491 e. The van der Waals surface area contributed by atoms with Crippen molar-refractivity contribution in [3.63, 3.8) is 0 Å². The average Bonchev–Trinajstić information content (AvgIpc) is 2.86. The molecule has 0 radical (unpaired) electrons. The maximum Gasteiger partial charge on any atom is 0.166 e. The minimum atomic E-state index is 0.140. The van der Waals surface area contributed by atoms with Gasteiger partial charge in [0.15, 0.2) is 5.78 Å². The van der Waals surface area contributed by atoms with Gasteiger partial charge in [0.2, 0.25) is 0 Å². The van der Waals surface area contributed by atoms with Crippen LogP contribution >= 0.6 is 0 Å². The Morgan fingerprint density at radius 3 is 2.79 bits per heavy atom. The van der Waals surface area contributed by atoms with Crippen LogP contribution in [0.4, 0.5) is 0 Å². The predicted molar refractivity (Wildman–Crippen MR) is 77.7 cm³/mol. The second-order valence-electron chi connectivity index (χ2n) is 5.84. The van der Waals surface area contributed by atoms with E-state index in [1.807, 2.05) is 38.1 Å². The molecule has 1 saturated carbocycles. The molecule has 1 aromatic carbocycles. The minimum Gasteiger partial charge on any atom is -0.491 e. The summed E-state index contributed by atoms with van der Waals surface area (Å²) in [7, 11) is 0. The highest BCUT2D eigenvalue weighted by Crippen LogP contribution is 2.35. The van der Waals surface area contributed by atoms with Gasteiger partial charge in [-0.3, -0.25) is 4.79 Å². The monoisotopic (exact) mass is 260 g/mol. The molecule has 1 aliphatic rings. The fourth-order valence-corrected chi connectivity index (χ4v) is 2.91. The van der Waals surface area contributed by atoms with Gasteiger partial charge < -0.3 is 4.74 Å². The standard InChI is InChI=1S/C17H24O2/c1-4-13-8-9-15(10-13)17(18)14-6-5-7-16(11-14)19-12(2)3/h5-7,11-13,15H,4,8-10H2,1-3H3. The van der Waals surface area contributed by atoms with Gasteiger partial charge in [0.25, 0.3) is 0 Å². The molecule has 1 aromatic rings. The highest BCUT2D eigenvalue weighted by atomic mass is 16.5. The normalized spacial score (nSPS) is 22.7. The van der Waals surface area contributed by atoms with Gasteiger partial charge in [0.1, 0.15) is 5.75 Å². The van der Waals surface area contributed by atoms with Gasteiger partial charge in [-0.15, -0.1) is 0 Å². The van der Waals surface area contributed by atoms with Crippen molar-refractivity contribution in [1.29, 1.82) is 0 Å². The Labute approximate surface area is 116 Å². The molecule has 2 heteroatoms. The Bertz CT molecular complexity index is 437. The molecule has 0 amide bonds. The van der Waals surface area contributed by atoms with Crippen LogP contribution < -0.4 is 4.74 Å². The predicted octanol–water partition coefficient (Wildman–Crippen LogP) is 4.48. The second kappa shape index (κ2) is 6.23. The van der Waals surface area contributed by atoms with E-state index < -0.39 is 0 Å². The molecule has 0 aliphatic heterocycles. The Hall–Kier alpha value is -1.31. The third-order valence-electron chi connectivity index (χ3n) is 3.98. The fourth-order valence-electron chi connectivity index (χ4n) is 2.91. The molecule has 0 spiro atoms. The van der Waals surface area contributed by atoms with E-state index in [0.29, 0.717) is 5.78 Å². The summed E-state index contributed by atoms with van der Waals surface area (Å²) in [6.45, 7) is 6.21. The van der Waals surface area contributed by atoms with Crippen molar-refractivity contribution in [1.82, 2.24) is 0 Å². The summed E-state index contributed by atoms with van der Waals surface area (Å²) in [6, 6.07) is 7.63. The molecule has 2 atom stereocenters. The van der Waals surface area contributed by atoms with Crippen molar-refractivity contribution < 1.29 is 9.53 Å². The van der Waals surface area contributed by atoms with Crippen LogP contribution in [0.25, 0.3) is 0 Å². The van der Waals surface area contributed by atoms with Crippen LogP contribution in [0.2, 0.25) is 0 Å². The zero-order valence-corrected chi connectivity index (χ0v) is 12.2. The lowest BCUT2D eigenvalue weighted by atomic mass is 9.94. The van der Waals surface area contributed by atoms with E-state index in [2.05, 4.69) is 6.92 Å².